The van der Waals surface area contributed by atoms with Crippen LogP contribution in [-0.2, 0) is 6.54 Å². The van der Waals surface area contributed by atoms with Crippen LogP contribution in [0.15, 0.2) is 41.2 Å². The van der Waals surface area contributed by atoms with Crippen molar-refractivity contribution in [3.63, 3.8) is 0 Å². The lowest BCUT2D eigenvalue weighted by atomic mass is 10.1. The summed E-state index contributed by atoms with van der Waals surface area (Å²) in [6.45, 7) is 0.404. The van der Waals surface area contributed by atoms with Crippen LogP contribution < -0.4 is 10.3 Å². The van der Waals surface area contributed by atoms with Gasteiger partial charge in [-0.1, -0.05) is 24.0 Å². The van der Waals surface area contributed by atoms with Crippen molar-refractivity contribution in [1.82, 2.24) is 9.78 Å². The van der Waals surface area contributed by atoms with Crippen LogP contribution >= 0.6 is 0 Å². The molecule has 5 heteroatoms. The first-order valence-electron chi connectivity index (χ1n) is 6.54. The monoisotopic (exact) mass is 284 g/mol. The van der Waals surface area contributed by atoms with Crippen LogP contribution in [0.1, 0.15) is 17.5 Å². The maximum atomic E-state index is 11.8. The second-order valence-corrected chi connectivity index (χ2v) is 4.35. The lowest BCUT2D eigenvalue weighted by molar-refractivity contribution is 0.305. The summed E-state index contributed by atoms with van der Waals surface area (Å²) < 4.78 is 6.37. The molecule has 108 valence electrons. The van der Waals surface area contributed by atoms with Crippen molar-refractivity contribution in [2.24, 2.45) is 0 Å². The molecule has 0 unspecified atom stereocenters. The molecule has 1 heterocycles. The Labute approximate surface area is 122 Å². The highest BCUT2D eigenvalue weighted by atomic mass is 16.5. The van der Waals surface area contributed by atoms with Gasteiger partial charge < -0.3 is 9.84 Å². The van der Waals surface area contributed by atoms with Crippen LogP contribution in [0.4, 0.5) is 0 Å². The molecule has 0 saturated carbocycles. The quantitative estimate of drug-likeness (QED) is 0.852. The average Bonchev–Trinajstić information content (AvgIpc) is 2.50. The number of aliphatic hydroxyl groups excluding tert-OH is 1. The fourth-order valence-electron chi connectivity index (χ4n) is 1.79. The Morgan fingerprint density at radius 1 is 1.33 bits per heavy atom. The Balaban J connectivity index is 2.22. The van der Waals surface area contributed by atoms with Gasteiger partial charge in [0.25, 0.3) is 5.56 Å². The number of hydrogen-bond acceptors (Lipinski definition) is 4. The summed E-state index contributed by atoms with van der Waals surface area (Å²) in [6, 6.07) is 10.5. The molecule has 0 amide bonds. The van der Waals surface area contributed by atoms with Crippen molar-refractivity contribution in [3.8, 4) is 17.7 Å². The van der Waals surface area contributed by atoms with E-state index in [-0.39, 0.29) is 12.2 Å². The first kappa shape index (κ1) is 14.8. The predicted molar refractivity (Wildman–Crippen MR) is 79.2 cm³/mol. The molecule has 1 aromatic heterocycles. The number of methoxy groups -OCH3 is 1. The van der Waals surface area contributed by atoms with Gasteiger partial charge in [0.05, 0.1) is 20.3 Å². The minimum absolute atomic E-state index is 0.0514. The van der Waals surface area contributed by atoms with Gasteiger partial charge in [0, 0.05) is 24.1 Å². The van der Waals surface area contributed by atoms with Crippen molar-refractivity contribution in [2.75, 3.05) is 13.7 Å². The highest BCUT2D eigenvalue weighted by Gasteiger charge is 2.02. The van der Waals surface area contributed by atoms with E-state index >= 15 is 0 Å². The molecule has 1 aromatic carbocycles. The van der Waals surface area contributed by atoms with Crippen LogP contribution in [-0.4, -0.2) is 28.6 Å². The molecule has 0 aliphatic carbocycles. The molecule has 5 nitrogen and oxygen atoms in total. The van der Waals surface area contributed by atoms with E-state index < -0.39 is 0 Å². The van der Waals surface area contributed by atoms with Gasteiger partial charge in [-0.2, -0.15) is 0 Å². The molecule has 21 heavy (non-hydrogen) atoms. The number of aliphatic hydroxyl groups is 1. The zero-order chi connectivity index (χ0) is 15.1. The van der Waals surface area contributed by atoms with Gasteiger partial charge in [-0.05, 0) is 17.7 Å². The second kappa shape index (κ2) is 7.27. The summed E-state index contributed by atoms with van der Waals surface area (Å²) in [5.74, 6) is 6.23. The Hall–Kier alpha value is -2.58. The molecule has 0 radical (unpaired) electrons. The van der Waals surface area contributed by atoms with Crippen molar-refractivity contribution >= 4 is 0 Å². The highest BCUT2D eigenvalue weighted by molar-refractivity contribution is 5.37. The van der Waals surface area contributed by atoms with Crippen molar-refractivity contribution in [3.05, 3.63) is 57.9 Å². The minimum atomic E-state index is -0.187. The number of benzene rings is 1. The molecular formula is C16H16N2O3. The zero-order valence-electron chi connectivity index (χ0n) is 11.7. The lowest BCUT2D eigenvalue weighted by Crippen LogP contribution is -2.22. The molecule has 0 spiro atoms. The van der Waals surface area contributed by atoms with E-state index in [4.69, 9.17) is 9.84 Å². The fourth-order valence-corrected chi connectivity index (χ4v) is 1.79. The van der Waals surface area contributed by atoms with Crippen LogP contribution in [0.25, 0.3) is 0 Å². The Kier molecular flexibility index (Phi) is 5.13. The normalized spacial score (nSPS) is 9.81. The van der Waals surface area contributed by atoms with E-state index in [1.807, 2.05) is 24.3 Å². The molecule has 0 bridgehead atoms. The summed E-state index contributed by atoms with van der Waals surface area (Å²) in [5.41, 5.74) is 1.58. The minimum Gasteiger partial charge on any atom is -0.480 e. The van der Waals surface area contributed by atoms with Gasteiger partial charge in [-0.3, -0.25) is 4.79 Å². The smallest absolute Gasteiger partial charge is 0.267 e. The van der Waals surface area contributed by atoms with Crippen LogP contribution in [0.3, 0.4) is 0 Å². The van der Waals surface area contributed by atoms with E-state index in [1.165, 1.54) is 23.9 Å². The Bertz CT molecular complexity index is 726. The Morgan fingerprint density at radius 2 is 2.19 bits per heavy atom. The number of ether oxygens (including phenoxy) is 1. The third-order valence-electron chi connectivity index (χ3n) is 2.78. The molecule has 0 aliphatic heterocycles. The number of aromatic nitrogens is 2. The van der Waals surface area contributed by atoms with Gasteiger partial charge in [-0.15, -0.1) is 5.10 Å². The number of rotatable bonds is 4. The summed E-state index contributed by atoms with van der Waals surface area (Å²) in [6.07, 6.45) is 0.446. The van der Waals surface area contributed by atoms with Crippen molar-refractivity contribution in [2.45, 2.75) is 13.0 Å². The maximum absolute atomic E-state index is 11.8. The Morgan fingerprint density at radius 3 is 2.95 bits per heavy atom. The summed E-state index contributed by atoms with van der Waals surface area (Å²) in [7, 11) is 1.51. The lowest BCUT2D eigenvalue weighted by Gasteiger charge is -2.06. The molecule has 0 saturated heterocycles. The molecule has 0 fully saturated rings. The third kappa shape index (κ3) is 4.20. The molecule has 2 rings (SSSR count). The molecule has 1 N–H and O–H groups in total. The third-order valence-corrected chi connectivity index (χ3v) is 2.78. The van der Waals surface area contributed by atoms with E-state index in [0.29, 0.717) is 18.8 Å². The highest BCUT2D eigenvalue weighted by Crippen LogP contribution is 2.06. The first-order chi connectivity index (χ1) is 10.2. The standard InChI is InChI=1S/C16H16N2O3/c1-21-15-8-9-16(20)18(17-15)12-14-7-4-6-13(11-14)5-2-3-10-19/h4,6-9,11,19H,3,10,12H2,1H3. The summed E-state index contributed by atoms with van der Waals surface area (Å²) in [5, 5.41) is 12.8. The van der Waals surface area contributed by atoms with E-state index in [0.717, 1.165) is 11.1 Å². The zero-order valence-corrected chi connectivity index (χ0v) is 11.7. The van der Waals surface area contributed by atoms with Gasteiger partial charge in [0.2, 0.25) is 5.88 Å². The number of hydrogen-bond donors (Lipinski definition) is 1. The fraction of sp³-hybridized carbons (Fsp3) is 0.250. The summed E-state index contributed by atoms with van der Waals surface area (Å²) >= 11 is 0. The molecule has 0 atom stereocenters. The van der Waals surface area contributed by atoms with E-state index in [2.05, 4.69) is 16.9 Å². The van der Waals surface area contributed by atoms with Crippen LogP contribution in [0.5, 0.6) is 5.88 Å². The van der Waals surface area contributed by atoms with Crippen molar-refractivity contribution in [1.29, 1.82) is 0 Å². The maximum Gasteiger partial charge on any atom is 0.267 e. The topological polar surface area (TPSA) is 64.3 Å². The number of nitrogens with zero attached hydrogens (tertiary/aromatic N) is 2. The largest absolute Gasteiger partial charge is 0.480 e. The van der Waals surface area contributed by atoms with E-state index in [9.17, 15) is 4.79 Å². The first-order valence-corrected chi connectivity index (χ1v) is 6.54. The predicted octanol–water partition coefficient (Wildman–Crippen LogP) is 1.03. The second-order valence-electron chi connectivity index (χ2n) is 4.35. The van der Waals surface area contributed by atoms with Gasteiger partial charge >= 0.3 is 0 Å². The van der Waals surface area contributed by atoms with Crippen molar-refractivity contribution < 1.29 is 9.84 Å². The van der Waals surface area contributed by atoms with Gasteiger partial charge in [0.15, 0.2) is 0 Å². The van der Waals surface area contributed by atoms with Crippen LogP contribution in [0.2, 0.25) is 0 Å². The van der Waals surface area contributed by atoms with Crippen LogP contribution in [0, 0.1) is 11.8 Å². The van der Waals surface area contributed by atoms with E-state index in [1.54, 1.807) is 0 Å². The van der Waals surface area contributed by atoms with Gasteiger partial charge in [-0.25, -0.2) is 4.68 Å². The average molecular weight is 284 g/mol. The molecule has 0 aliphatic rings. The molecule has 2 aromatic rings. The summed E-state index contributed by atoms with van der Waals surface area (Å²) in [4.78, 5) is 11.8. The molecular weight excluding hydrogens is 268 g/mol. The van der Waals surface area contributed by atoms with Gasteiger partial charge in [0.1, 0.15) is 0 Å². The SMILES string of the molecule is COc1ccc(=O)n(Cc2cccc(C#CCCO)c2)n1.